The van der Waals surface area contributed by atoms with Gasteiger partial charge >= 0.3 is 5.97 Å². The highest BCUT2D eigenvalue weighted by molar-refractivity contribution is 8.14. The van der Waals surface area contributed by atoms with Crippen LogP contribution in [0.4, 0.5) is 0 Å². The summed E-state index contributed by atoms with van der Waals surface area (Å²) < 4.78 is 4.91. The molecular formula is C18H28N4O4S. The average molecular weight is 397 g/mol. The number of amidine groups is 1. The monoisotopic (exact) mass is 396 g/mol. The number of amides is 1. The maximum Gasteiger partial charge on any atom is 0.373 e. The van der Waals surface area contributed by atoms with E-state index in [1.807, 2.05) is 11.9 Å². The molecule has 3 atom stereocenters. The fourth-order valence-corrected chi connectivity index (χ4v) is 4.62. The smallest absolute Gasteiger partial charge is 0.373 e. The Morgan fingerprint density at radius 1 is 1.37 bits per heavy atom. The number of rotatable bonds is 5. The van der Waals surface area contributed by atoms with E-state index in [2.05, 4.69) is 6.58 Å². The zero-order chi connectivity index (χ0) is 20.1. The van der Waals surface area contributed by atoms with Crippen molar-refractivity contribution in [3.8, 4) is 0 Å². The van der Waals surface area contributed by atoms with Gasteiger partial charge in [-0.3, -0.25) is 19.9 Å². The molecule has 2 heterocycles. The summed E-state index contributed by atoms with van der Waals surface area (Å²) in [5.41, 5.74) is 0. The van der Waals surface area contributed by atoms with E-state index < -0.39 is 5.97 Å². The average Bonchev–Trinajstić information content (AvgIpc) is 3.24. The molecule has 0 aromatic carbocycles. The normalized spacial score (nSPS) is 25.3. The number of carbonyl (C=O) groups excluding carboxylic acids is 3. The van der Waals surface area contributed by atoms with Crippen molar-refractivity contribution in [2.75, 3.05) is 40.3 Å². The molecule has 0 unspecified atom stereocenters. The van der Waals surface area contributed by atoms with Crippen molar-refractivity contribution in [1.82, 2.24) is 14.7 Å². The molecule has 0 bridgehead atoms. The maximum absolute atomic E-state index is 12.9. The van der Waals surface area contributed by atoms with Gasteiger partial charge in [0, 0.05) is 44.9 Å². The Labute approximate surface area is 164 Å². The Balaban J connectivity index is 1.90. The molecule has 0 saturated carbocycles. The molecule has 2 aliphatic heterocycles. The van der Waals surface area contributed by atoms with Crippen molar-refractivity contribution in [2.24, 2.45) is 0 Å². The summed E-state index contributed by atoms with van der Waals surface area (Å²) in [5.74, 6) is -0.852. The summed E-state index contributed by atoms with van der Waals surface area (Å²) in [6, 6.07) is -0.310. The zero-order valence-electron chi connectivity index (χ0n) is 16.1. The number of ether oxygens (including phenoxy) is 1. The van der Waals surface area contributed by atoms with Gasteiger partial charge in [0.05, 0.1) is 6.04 Å². The summed E-state index contributed by atoms with van der Waals surface area (Å²) in [4.78, 5) is 41.5. The van der Waals surface area contributed by atoms with E-state index >= 15 is 0 Å². The Morgan fingerprint density at radius 3 is 2.70 bits per heavy atom. The van der Waals surface area contributed by atoms with Gasteiger partial charge < -0.3 is 14.5 Å². The van der Waals surface area contributed by atoms with Crippen molar-refractivity contribution in [2.45, 2.75) is 37.1 Å². The number of esters is 1. The number of thioether (sulfide) groups is 1. The van der Waals surface area contributed by atoms with E-state index in [9.17, 15) is 14.4 Å². The number of likely N-dealkylation sites (tertiary alicyclic amines) is 2. The second-order valence-corrected chi connectivity index (χ2v) is 8.47. The topological polar surface area (TPSA) is 94.0 Å². The third kappa shape index (κ3) is 5.32. The molecule has 8 nitrogen and oxygen atoms in total. The lowest BCUT2D eigenvalue weighted by Gasteiger charge is -2.28. The van der Waals surface area contributed by atoms with Crippen molar-refractivity contribution in [3.05, 3.63) is 12.7 Å². The van der Waals surface area contributed by atoms with Crippen LogP contribution in [-0.2, 0) is 19.1 Å². The lowest BCUT2D eigenvalue weighted by Crippen LogP contribution is -2.46. The number of hydrogen-bond acceptors (Lipinski definition) is 7. The first-order valence-electron chi connectivity index (χ1n) is 9.00. The predicted octanol–water partition coefficient (Wildman–Crippen LogP) is 0.578. The summed E-state index contributed by atoms with van der Waals surface area (Å²) in [7, 11) is 3.59. The van der Waals surface area contributed by atoms with Gasteiger partial charge in [0.15, 0.2) is 5.12 Å². The van der Waals surface area contributed by atoms with E-state index in [-0.39, 0.29) is 40.8 Å². The second kappa shape index (κ2) is 9.36. The standard InChI is InChI=1S/C18H28N4O4S/c1-5-8-26-18(25)16(19)21(4)13-6-7-22(10-13)17(24)15-9-14(11-20(15)3)27-12(2)23/h5,13-15,19H,1,6-11H2,2-4H3/t13-,14+,15+/m1/s1. The number of hydrogen-bond donors (Lipinski definition) is 1. The molecule has 0 radical (unpaired) electrons. The van der Waals surface area contributed by atoms with Crippen LogP contribution in [0.15, 0.2) is 12.7 Å². The molecule has 2 rings (SSSR count). The highest BCUT2D eigenvalue weighted by Gasteiger charge is 2.40. The maximum atomic E-state index is 12.9. The summed E-state index contributed by atoms with van der Waals surface area (Å²) >= 11 is 1.30. The van der Waals surface area contributed by atoms with E-state index in [1.165, 1.54) is 17.8 Å². The lowest BCUT2D eigenvalue weighted by atomic mass is 10.2. The molecule has 1 amide bonds. The molecular weight excluding hydrogens is 368 g/mol. The second-order valence-electron chi connectivity index (χ2n) is 7.00. The van der Waals surface area contributed by atoms with Crippen LogP contribution in [0, 0.1) is 5.41 Å². The molecule has 2 aliphatic rings. The Hall–Kier alpha value is -1.87. The minimum Gasteiger partial charge on any atom is -0.456 e. The van der Waals surface area contributed by atoms with E-state index in [0.29, 0.717) is 25.9 Å². The number of nitrogens with zero attached hydrogens (tertiary/aromatic N) is 3. The Bertz CT molecular complexity index is 626. The fraction of sp³-hybridized carbons (Fsp3) is 0.667. The van der Waals surface area contributed by atoms with Crippen molar-refractivity contribution in [1.29, 1.82) is 5.41 Å². The van der Waals surface area contributed by atoms with Crippen LogP contribution in [0.3, 0.4) is 0 Å². The van der Waals surface area contributed by atoms with Crippen molar-refractivity contribution in [3.63, 3.8) is 0 Å². The quantitative estimate of drug-likeness (QED) is 0.314. The minimum absolute atomic E-state index is 0.0563. The summed E-state index contributed by atoms with van der Waals surface area (Å²) in [6.45, 7) is 6.89. The first kappa shape index (κ1) is 21.4. The molecule has 2 saturated heterocycles. The van der Waals surface area contributed by atoms with E-state index in [4.69, 9.17) is 10.1 Å². The predicted molar refractivity (Wildman–Crippen MR) is 105 cm³/mol. The molecule has 0 aliphatic carbocycles. The van der Waals surface area contributed by atoms with Gasteiger partial charge in [0.1, 0.15) is 6.61 Å². The molecule has 9 heteroatoms. The molecule has 1 N–H and O–H groups in total. The first-order valence-corrected chi connectivity index (χ1v) is 9.88. The zero-order valence-corrected chi connectivity index (χ0v) is 17.0. The van der Waals surface area contributed by atoms with E-state index in [0.717, 1.165) is 6.54 Å². The molecule has 0 spiro atoms. The van der Waals surface area contributed by atoms with Crippen LogP contribution in [-0.4, -0.2) is 95.2 Å². The molecule has 0 aromatic rings. The van der Waals surface area contributed by atoms with Crippen molar-refractivity contribution < 1.29 is 19.1 Å². The number of nitrogens with one attached hydrogen (secondary N) is 1. The number of carbonyl (C=O) groups is 3. The molecule has 27 heavy (non-hydrogen) atoms. The van der Waals surface area contributed by atoms with Gasteiger partial charge in [-0.15, -0.1) is 0 Å². The number of likely N-dealkylation sites (N-methyl/N-ethyl adjacent to an activating group) is 2. The fourth-order valence-electron chi connectivity index (χ4n) is 3.56. The van der Waals surface area contributed by atoms with Crippen LogP contribution in [0.25, 0.3) is 0 Å². The Morgan fingerprint density at radius 2 is 2.07 bits per heavy atom. The summed E-state index contributed by atoms with van der Waals surface area (Å²) in [6.07, 6.45) is 2.82. The van der Waals surface area contributed by atoms with Gasteiger partial charge in [0.25, 0.3) is 0 Å². The highest BCUT2D eigenvalue weighted by Crippen LogP contribution is 2.29. The van der Waals surface area contributed by atoms with Gasteiger partial charge in [-0.05, 0) is 19.9 Å². The molecule has 150 valence electrons. The van der Waals surface area contributed by atoms with Gasteiger partial charge in [-0.25, -0.2) is 4.79 Å². The highest BCUT2D eigenvalue weighted by atomic mass is 32.2. The third-order valence-corrected chi connectivity index (χ3v) is 6.04. The molecule has 0 aromatic heterocycles. The first-order chi connectivity index (χ1) is 12.7. The van der Waals surface area contributed by atoms with Gasteiger partial charge in [0.2, 0.25) is 11.7 Å². The largest absolute Gasteiger partial charge is 0.456 e. The van der Waals surface area contributed by atoms with Crippen molar-refractivity contribution >= 4 is 34.6 Å². The van der Waals surface area contributed by atoms with Crippen LogP contribution >= 0.6 is 11.8 Å². The van der Waals surface area contributed by atoms with Gasteiger partial charge in [-0.1, -0.05) is 24.4 Å². The van der Waals surface area contributed by atoms with Gasteiger partial charge in [-0.2, -0.15) is 0 Å². The lowest BCUT2D eigenvalue weighted by molar-refractivity contribution is -0.135. The van der Waals surface area contributed by atoms with E-state index in [1.54, 1.807) is 23.8 Å². The van der Waals surface area contributed by atoms with Crippen LogP contribution in [0.2, 0.25) is 0 Å². The summed E-state index contributed by atoms with van der Waals surface area (Å²) in [5, 5.41) is 8.20. The van der Waals surface area contributed by atoms with Crippen LogP contribution < -0.4 is 0 Å². The molecule has 2 fully saturated rings. The minimum atomic E-state index is -0.693. The third-order valence-electron chi connectivity index (χ3n) is 5.03. The Kier molecular flexibility index (Phi) is 7.43. The SMILES string of the molecule is C=CCOC(=O)C(=N)N(C)[C@@H]1CCN(C(=O)[C@@H]2C[C@H](SC(C)=O)CN2C)C1. The van der Waals surface area contributed by atoms with Crippen LogP contribution in [0.1, 0.15) is 19.8 Å². The van der Waals surface area contributed by atoms with Crippen LogP contribution in [0.5, 0.6) is 0 Å².